The van der Waals surface area contributed by atoms with E-state index in [1.165, 1.54) is 19.4 Å². The Balaban J connectivity index is 0.00000240. The maximum absolute atomic E-state index is 15.3. The van der Waals surface area contributed by atoms with E-state index in [0.29, 0.717) is 30.0 Å². The molecule has 1 atom stereocenters. The first-order valence-electron chi connectivity index (χ1n) is 9.62. The van der Waals surface area contributed by atoms with Crippen LogP contribution in [-0.4, -0.2) is 37.1 Å². The van der Waals surface area contributed by atoms with E-state index in [2.05, 4.69) is 13.8 Å². The molecule has 0 amide bonds. The van der Waals surface area contributed by atoms with Crippen molar-refractivity contribution in [3.63, 3.8) is 0 Å². The fourth-order valence-electron chi connectivity index (χ4n) is 4.21. The summed E-state index contributed by atoms with van der Waals surface area (Å²) in [4.78, 5) is 25.9. The van der Waals surface area contributed by atoms with Crippen molar-refractivity contribution in [2.45, 2.75) is 45.2 Å². The van der Waals surface area contributed by atoms with Gasteiger partial charge in [-0.1, -0.05) is 25.6 Å². The third-order valence-electron chi connectivity index (χ3n) is 6.08. The number of methoxy groups -OCH3 is 1. The summed E-state index contributed by atoms with van der Waals surface area (Å²) in [5.41, 5.74) is 6.35. The molecule has 153 valence electrons. The van der Waals surface area contributed by atoms with Crippen LogP contribution in [0.15, 0.2) is 17.1 Å². The molecule has 1 aromatic carbocycles. The Morgan fingerprint density at radius 1 is 1.31 bits per heavy atom. The van der Waals surface area contributed by atoms with Gasteiger partial charge < -0.3 is 29.5 Å². The van der Waals surface area contributed by atoms with Gasteiger partial charge in [0.2, 0.25) is 0 Å². The van der Waals surface area contributed by atoms with Crippen LogP contribution in [0, 0.1) is 11.2 Å². The van der Waals surface area contributed by atoms with Crippen molar-refractivity contribution in [1.82, 2.24) is 4.57 Å². The van der Waals surface area contributed by atoms with E-state index in [4.69, 9.17) is 10.5 Å². The molecule has 0 spiro atoms. The molecule has 29 heavy (non-hydrogen) atoms. The number of hydrogen-bond acceptors (Lipinski definition) is 5. The number of hydrogen-bond donors (Lipinski definition) is 1. The van der Waals surface area contributed by atoms with E-state index in [9.17, 15) is 9.59 Å². The summed E-state index contributed by atoms with van der Waals surface area (Å²) >= 11 is 0. The first-order valence-corrected chi connectivity index (χ1v) is 9.62. The van der Waals surface area contributed by atoms with E-state index >= 15 is 4.39 Å². The fourth-order valence-corrected chi connectivity index (χ4v) is 4.21. The maximum atomic E-state index is 15.3. The van der Waals surface area contributed by atoms with Gasteiger partial charge in [0.1, 0.15) is 11.5 Å². The Bertz CT molecular complexity index is 1020. The van der Waals surface area contributed by atoms with E-state index in [1.807, 2.05) is 9.47 Å². The molecule has 8 heteroatoms. The Morgan fingerprint density at radius 2 is 2.00 bits per heavy atom. The Kier molecular flexibility index (Phi) is 6.24. The largest absolute Gasteiger partial charge is 0.492 e. The molecule has 0 bridgehead atoms. The minimum atomic E-state index is -0.530. The first kappa shape index (κ1) is 22.4. The number of nitrogens with zero attached hydrogens (tertiary/aromatic N) is 2. The molecular weight excluding hydrogens is 450 g/mol. The Labute approximate surface area is 194 Å². The van der Waals surface area contributed by atoms with Gasteiger partial charge in [-0.3, -0.25) is 0 Å². The van der Waals surface area contributed by atoms with Crippen molar-refractivity contribution in [2.24, 2.45) is 11.1 Å². The second-order valence-corrected chi connectivity index (χ2v) is 8.55. The minimum absolute atomic E-state index is 0. The molecule has 4 rings (SSSR count). The van der Waals surface area contributed by atoms with Crippen molar-refractivity contribution < 1.29 is 46.6 Å². The molecule has 2 heterocycles. The zero-order valence-electron chi connectivity index (χ0n) is 17.0. The number of piperidine rings is 1. The third-order valence-corrected chi connectivity index (χ3v) is 6.08. The second kappa shape index (κ2) is 8.08. The molecule has 2 aromatic rings. The number of anilines is 1. The van der Waals surface area contributed by atoms with Crippen LogP contribution in [0.1, 0.15) is 44.7 Å². The third kappa shape index (κ3) is 3.77. The van der Waals surface area contributed by atoms with Crippen LogP contribution in [0.5, 0.6) is 5.75 Å². The molecule has 1 aromatic heterocycles. The Morgan fingerprint density at radius 3 is 2.55 bits per heavy atom. The average Bonchev–Trinajstić information content (AvgIpc) is 3.49. The maximum Gasteiger partial charge on any atom is 0.167 e. The normalized spacial score (nSPS) is 21.0. The monoisotopic (exact) mass is 475 g/mol. The zero-order valence-corrected chi connectivity index (χ0v) is 19.8. The minimum Gasteiger partial charge on any atom is -0.492 e. The molecule has 2 N–H and O–H groups in total. The predicted molar refractivity (Wildman–Crippen MR) is 106 cm³/mol. The zero-order chi connectivity index (χ0) is 20.2. The summed E-state index contributed by atoms with van der Waals surface area (Å²) in [6.07, 6.45) is 5.84. The summed E-state index contributed by atoms with van der Waals surface area (Å²) in [5.74, 6) is -0.194. The number of nitrogens with two attached hydrogens (primary N) is 1. The van der Waals surface area contributed by atoms with Crippen LogP contribution < -0.4 is 20.8 Å². The summed E-state index contributed by atoms with van der Waals surface area (Å²) in [5, 5.41) is 0.152. The summed E-state index contributed by atoms with van der Waals surface area (Å²) < 4.78 is 22.8. The summed E-state index contributed by atoms with van der Waals surface area (Å²) in [7, 11) is 1.49. The number of benzene rings is 1. The number of pyridine rings is 1. The van der Waals surface area contributed by atoms with E-state index < -0.39 is 11.2 Å². The summed E-state index contributed by atoms with van der Waals surface area (Å²) in [6, 6.07) is 1.44. The van der Waals surface area contributed by atoms with Crippen molar-refractivity contribution in [1.29, 1.82) is 0 Å². The molecule has 1 saturated carbocycles. The van der Waals surface area contributed by atoms with Gasteiger partial charge in [0, 0.05) is 57.9 Å². The molecule has 1 aliphatic heterocycles. The van der Waals surface area contributed by atoms with Crippen molar-refractivity contribution >= 4 is 22.9 Å². The van der Waals surface area contributed by atoms with Gasteiger partial charge in [0.05, 0.1) is 24.3 Å². The van der Waals surface area contributed by atoms with Crippen LogP contribution in [0.2, 0.25) is 0 Å². The van der Waals surface area contributed by atoms with Gasteiger partial charge >= 0.3 is 0 Å². The smallest absolute Gasteiger partial charge is 0.167 e. The van der Waals surface area contributed by atoms with Crippen LogP contribution in [0.3, 0.4) is 0 Å². The molecule has 2 aliphatic rings. The average molecular weight is 475 g/mol. The van der Waals surface area contributed by atoms with Crippen LogP contribution in [0.25, 0.3) is 10.9 Å². The van der Waals surface area contributed by atoms with Crippen molar-refractivity contribution in [3.8, 4) is 5.75 Å². The first-order chi connectivity index (χ1) is 13.3. The van der Waals surface area contributed by atoms with Gasteiger partial charge in [0.25, 0.3) is 0 Å². The number of halogens is 1. The standard InChI is InChI=1S/C21H25FN3O3.Y/c1-21(2)11-24(7-6-16(21)23)18-15(22)8-14-17(20(18)28-3)25(13-4-5-13)9-12(10-26)19(14)27;/h8-9,13,16H,4-7,11,23H2,1-3H3;/q-1;. The fraction of sp³-hybridized carbons (Fsp3) is 0.524. The van der Waals surface area contributed by atoms with Gasteiger partial charge in [0.15, 0.2) is 5.75 Å². The number of ether oxygens (including phenoxy) is 1. The van der Waals surface area contributed by atoms with Crippen LogP contribution in [-0.2, 0) is 37.5 Å². The number of carbonyl (C=O) groups excluding carboxylic acids is 1. The van der Waals surface area contributed by atoms with Crippen LogP contribution in [0.4, 0.5) is 10.1 Å². The molecule has 1 unspecified atom stereocenters. The van der Waals surface area contributed by atoms with Crippen molar-refractivity contribution in [3.05, 3.63) is 33.9 Å². The number of rotatable bonds is 4. The SMILES string of the molecule is COc1c(N2CCC(N)C(C)(C)C2)c(F)cc2c(=O)c([C-]=O)cn(C3CC3)c12.[Y]. The number of fused-ring (bicyclic) bond motifs is 1. The van der Waals surface area contributed by atoms with E-state index in [1.54, 1.807) is 6.29 Å². The van der Waals surface area contributed by atoms with E-state index in [0.717, 1.165) is 19.3 Å². The van der Waals surface area contributed by atoms with Gasteiger partial charge in [-0.05, 0) is 36.1 Å². The summed E-state index contributed by atoms with van der Waals surface area (Å²) in [6.45, 7) is 5.33. The molecule has 1 radical (unpaired) electrons. The molecule has 1 saturated heterocycles. The van der Waals surface area contributed by atoms with Gasteiger partial charge in [-0.15, -0.1) is 0 Å². The molecule has 2 fully saturated rings. The quantitative estimate of drug-likeness (QED) is 0.688. The Hall–Kier alpha value is -1.31. The van der Waals surface area contributed by atoms with E-state index in [-0.39, 0.29) is 61.2 Å². The molecule has 1 aliphatic carbocycles. The van der Waals surface area contributed by atoms with Crippen molar-refractivity contribution in [2.75, 3.05) is 25.1 Å². The number of aromatic nitrogens is 1. The van der Waals surface area contributed by atoms with Crippen LogP contribution >= 0.6 is 0 Å². The molecular formula is C21H25FN3O3Y-. The molecule has 6 nitrogen and oxygen atoms in total. The van der Waals surface area contributed by atoms with Gasteiger partial charge in [-0.2, -0.15) is 0 Å². The predicted octanol–water partition coefficient (Wildman–Crippen LogP) is 2.50. The van der Waals surface area contributed by atoms with Gasteiger partial charge in [-0.25, -0.2) is 4.39 Å². The topological polar surface area (TPSA) is 77.6 Å². The second-order valence-electron chi connectivity index (χ2n) is 8.55.